The Morgan fingerprint density at radius 1 is 1.83 bits per heavy atom. The molecule has 0 spiro atoms. The quantitative estimate of drug-likeness (QED) is 0.667. The molecule has 1 rings (SSSR count). The molecule has 1 amide bonds. The van der Waals surface area contributed by atoms with Gasteiger partial charge in [-0.05, 0) is 26.2 Å². The SMILES string of the molecule is CC(C#N)CC1CCCNC1=O. The standard InChI is InChI=1S/C9H14N2O/c1-7(6-10)5-8-3-2-4-11-9(8)12/h7-8H,2-5H2,1H3,(H,11,12). The smallest absolute Gasteiger partial charge is 0.223 e. The van der Waals surface area contributed by atoms with Crippen molar-refractivity contribution < 1.29 is 4.79 Å². The topological polar surface area (TPSA) is 52.9 Å². The molecule has 1 aliphatic rings. The second-order valence-corrected chi connectivity index (χ2v) is 3.40. The van der Waals surface area contributed by atoms with Gasteiger partial charge in [0.25, 0.3) is 0 Å². The molecule has 1 fully saturated rings. The van der Waals surface area contributed by atoms with Gasteiger partial charge in [0.2, 0.25) is 5.91 Å². The van der Waals surface area contributed by atoms with Gasteiger partial charge in [0.05, 0.1) is 6.07 Å². The van der Waals surface area contributed by atoms with E-state index < -0.39 is 0 Å². The monoisotopic (exact) mass is 166 g/mol. The molecule has 0 radical (unpaired) electrons. The van der Waals surface area contributed by atoms with Gasteiger partial charge < -0.3 is 5.32 Å². The number of rotatable bonds is 2. The van der Waals surface area contributed by atoms with Gasteiger partial charge in [-0.15, -0.1) is 0 Å². The first kappa shape index (κ1) is 9.05. The summed E-state index contributed by atoms with van der Waals surface area (Å²) < 4.78 is 0. The minimum atomic E-state index is -0.00106. The second kappa shape index (κ2) is 4.10. The van der Waals surface area contributed by atoms with Crippen molar-refractivity contribution in [1.82, 2.24) is 5.32 Å². The van der Waals surface area contributed by atoms with E-state index in [4.69, 9.17) is 5.26 Å². The average Bonchev–Trinajstić information content (AvgIpc) is 2.09. The predicted octanol–water partition coefficient (Wildman–Crippen LogP) is 1.06. The maximum Gasteiger partial charge on any atom is 0.223 e. The fourth-order valence-electron chi connectivity index (χ4n) is 1.54. The number of nitrogens with zero attached hydrogens (tertiary/aromatic N) is 1. The van der Waals surface area contributed by atoms with Crippen LogP contribution >= 0.6 is 0 Å². The molecule has 12 heavy (non-hydrogen) atoms. The number of hydrogen-bond acceptors (Lipinski definition) is 2. The first-order valence-corrected chi connectivity index (χ1v) is 4.41. The Balaban J connectivity index is 2.40. The van der Waals surface area contributed by atoms with Gasteiger partial charge in [-0.2, -0.15) is 5.26 Å². The van der Waals surface area contributed by atoms with Crippen LogP contribution in [-0.2, 0) is 4.79 Å². The van der Waals surface area contributed by atoms with E-state index in [0.29, 0.717) is 6.42 Å². The number of carbonyl (C=O) groups excluding carboxylic acids is 1. The highest BCUT2D eigenvalue weighted by Crippen LogP contribution is 2.19. The van der Waals surface area contributed by atoms with E-state index in [-0.39, 0.29) is 17.7 Å². The summed E-state index contributed by atoms with van der Waals surface area (Å²) >= 11 is 0. The third-order valence-electron chi connectivity index (χ3n) is 2.26. The molecule has 2 atom stereocenters. The highest BCUT2D eigenvalue weighted by atomic mass is 16.1. The minimum absolute atomic E-state index is 0.00106. The normalized spacial score (nSPS) is 25.7. The molecular formula is C9H14N2O. The number of amides is 1. The maximum atomic E-state index is 11.2. The minimum Gasteiger partial charge on any atom is -0.356 e. The van der Waals surface area contributed by atoms with Crippen molar-refractivity contribution in [2.45, 2.75) is 26.2 Å². The molecule has 0 saturated carbocycles. The van der Waals surface area contributed by atoms with Gasteiger partial charge >= 0.3 is 0 Å². The van der Waals surface area contributed by atoms with E-state index in [9.17, 15) is 4.79 Å². The Morgan fingerprint density at radius 3 is 3.17 bits per heavy atom. The molecular weight excluding hydrogens is 152 g/mol. The fraction of sp³-hybridized carbons (Fsp3) is 0.778. The lowest BCUT2D eigenvalue weighted by Gasteiger charge is -2.22. The van der Waals surface area contributed by atoms with Gasteiger partial charge in [0.1, 0.15) is 0 Å². The van der Waals surface area contributed by atoms with Crippen molar-refractivity contribution in [2.24, 2.45) is 11.8 Å². The van der Waals surface area contributed by atoms with Crippen LogP contribution in [0.5, 0.6) is 0 Å². The summed E-state index contributed by atoms with van der Waals surface area (Å²) in [6, 6.07) is 2.15. The summed E-state index contributed by atoms with van der Waals surface area (Å²) in [5.41, 5.74) is 0. The lowest BCUT2D eigenvalue weighted by atomic mass is 9.90. The molecule has 3 nitrogen and oxygen atoms in total. The molecule has 1 N–H and O–H groups in total. The summed E-state index contributed by atoms with van der Waals surface area (Å²) in [5.74, 6) is 0.204. The molecule has 66 valence electrons. The molecule has 0 aliphatic carbocycles. The van der Waals surface area contributed by atoms with E-state index in [2.05, 4.69) is 11.4 Å². The van der Waals surface area contributed by atoms with Gasteiger partial charge in [-0.1, -0.05) is 0 Å². The van der Waals surface area contributed by atoms with Crippen LogP contribution in [0.4, 0.5) is 0 Å². The maximum absolute atomic E-state index is 11.2. The zero-order valence-electron chi connectivity index (χ0n) is 7.34. The van der Waals surface area contributed by atoms with Crippen LogP contribution in [0, 0.1) is 23.2 Å². The zero-order chi connectivity index (χ0) is 8.97. The number of piperidine rings is 1. The number of hydrogen-bond donors (Lipinski definition) is 1. The highest BCUT2D eigenvalue weighted by Gasteiger charge is 2.23. The van der Waals surface area contributed by atoms with E-state index >= 15 is 0 Å². The Morgan fingerprint density at radius 2 is 2.58 bits per heavy atom. The Labute approximate surface area is 72.8 Å². The zero-order valence-corrected chi connectivity index (χ0v) is 7.34. The van der Waals surface area contributed by atoms with Gasteiger partial charge in [0, 0.05) is 18.4 Å². The predicted molar refractivity (Wildman–Crippen MR) is 45.1 cm³/mol. The third kappa shape index (κ3) is 2.23. The van der Waals surface area contributed by atoms with Crippen molar-refractivity contribution in [3.8, 4) is 6.07 Å². The largest absolute Gasteiger partial charge is 0.356 e. The molecule has 1 aliphatic heterocycles. The number of nitriles is 1. The first-order chi connectivity index (χ1) is 5.74. The lowest BCUT2D eigenvalue weighted by Crippen LogP contribution is -2.37. The van der Waals surface area contributed by atoms with Crippen LogP contribution in [0.1, 0.15) is 26.2 Å². The summed E-state index contributed by atoms with van der Waals surface area (Å²) in [4.78, 5) is 11.2. The van der Waals surface area contributed by atoms with Crippen molar-refractivity contribution in [1.29, 1.82) is 5.26 Å². The van der Waals surface area contributed by atoms with Crippen molar-refractivity contribution >= 4 is 5.91 Å². The number of carbonyl (C=O) groups is 1. The fourth-order valence-corrected chi connectivity index (χ4v) is 1.54. The van der Waals surface area contributed by atoms with Crippen molar-refractivity contribution in [3.05, 3.63) is 0 Å². The van der Waals surface area contributed by atoms with E-state index in [1.165, 1.54) is 0 Å². The Bertz CT molecular complexity index is 207. The average molecular weight is 166 g/mol. The molecule has 1 saturated heterocycles. The number of nitrogens with one attached hydrogen (secondary N) is 1. The van der Waals surface area contributed by atoms with Crippen LogP contribution in [-0.4, -0.2) is 12.5 Å². The summed E-state index contributed by atoms with van der Waals surface area (Å²) in [6.07, 6.45) is 2.70. The third-order valence-corrected chi connectivity index (χ3v) is 2.26. The summed E-state index contributed by atoms with van der Waals surface area (Å²) in [7, 11) is 0. The molecule has 1 heterocycles. The van der Waals surface area contributed by atoms with Crippen LogP contribution < -0.4 is 5.32 Å². The van der Waals surface area contributed by atoms with E-state index in [1.807, 2.05) is 6.92 Å². The van der Waals surface area contributed by atoms with Crippen LogP contribution in [0.15, 0.2) is 0 Å². The molecule has 0 aromatic carbocycles. The molecule has 0 aromatic rings. The lowest BCUT2D eigenvalue weighted by molar-refractivity contribution is -0.127. The Kier molecular flexibility index (Phi) is 3.09. The van der Waals surface area contributed by atoms with Gasteiger partial charge in [-0.25, -0.2) is 0 Å². The highest BCUT2D eigenvalue weighted by molar-refractivity contribution is 5.79. The van der Waals surface area contributed by atoms with Crippen LogP contribution in [0.3, 0.4) is 0 Å². The first-order valence-electron chi connectivity index (χ1n) is 4.41. The van der Waals surface area contributed by atoms with Crippen LogP contribution in [0.2, 0.25) is 0 Å². The second-order valence-electron chi connectivity index (χ2n) is 3.40. The molecule has 3 heteroatoms. The van der Waals surface area contributed by atoms with Crippen molar-refractivity contribution in [2.75, 3.05) is 6.54 Å². The van der Waals surface area contributed by atoms with Gasteiger partial charge in [0.15, 0.2) is 0 Å². The Hall–Kier alpha value is -1.04. The summed E-state index contributed by atoms with van der Waals surface area (Å²) in [6.45, 7) is 2.66. The summed E-state index contributed by atoms with van der Waals surface area (Å²) in [5, 5.41) is 11.4. The van der Waals surface area contributed by atoms with Gasteiger partial charge in [-0.3, -0.25) is 4.79 Å². The van der Waals surface area contributed by atoms with Crippen molar-refractivity contribution in [3.63, 3.8) is 0 Å². The van der Waals surface area contributed by atoms with E-state index in [0.717, 1.165) is 19.4 Å². The van der Waals surface area contributed by atoms with Crippen LogP contribution in [0.25, 0.3) is 0 Å². The molecule has 0 aromatic heterocycles. The van der Waals surface area contributed by atoms with E-state index in [1.54, 1.807) is 0 Å². The molecule has 2 unspecified atom stereocenters. The molecule has 0 bridgehead atoms.